The van der Waals surface area contributed by atoms with Crippen LogP contribution in [0.15, 0.2) is 6.07 Å². The quantitative estimate of drug-likeness (QED) is 0.844. The van der Waals surface area contributed by atoms with E-state index >= 15 is 0 Å². The lowest BCUT2D eigenvalue weighted by molar-refractivity contribution is -0.118. The van der Waals surface area contributed by atoms with Gasteiger partial charge in [-0.1, -0.05) is 0 Å². The summed E-state index contributed by atoms with van der Waals surface area (Å²) in [6.07, 6.45) is 0. The Kier molecular flexibility index (Phi) is 5.11. The molecule has 0 aliphatic carbocycles. The molecule has 1 aliphatic rings. The Bertz CT molecular complexity index is 495. The minimum absolute atomic E-state index is 0.126. The SMILES string of the molecule is COC(=O)c1cc(C)sc1NC(=O)CN1CCOCC1. The zero-order chi connectivity index (χ0) is 14.5. The molecule has 7 heteroatoms. The molecule has 0 bridgehead atoms. The van der Waals surface area contributed by atoms with Crippen molar-refractivity contribution in [2.24, 2.45) is 0 Å². The maximum absolute atomic E-state index is 12.0. The molecule has 1 aliphatic heterocycles. The van der Waals surface area contributed by atoms with Crippen molar-refractivity contribution < 1.29 is 19.1 Å². The van der Waals surface area contributed by atoms with E-state index in [-0.39, 0.29) is 5.91 Å². The van der Waals surface area contributed by atoms with Gasteiger partial charge in [-0.2, -0.15) is 0 Å². The zero-order valence-electron chi connectivity index (χ0n) is 11.6. The Morgan fingerprint density at radius 2 is 2.15 bits per heavy atom. The summed E-state index contributed by atoms with van der Waals surface area (Å²) < 4.78 is 9.95. The van der Waals surface area contributed by atoms with Crippen molar-refractivity contribution in [1.29, 1.82) is 0 Å². The van der Waals surface area contributed by atoms with Crippen LogP contribution in [0.25, 0.3) is 0 Å². The number of carbonyl (C=O) groups excluding carboxylic acids is 2. The van der Waals surface area contributed by atoms with Gasteiger partial charge in [0.1, 0.15) is 5.00 Å². The lowest BCUT2D eigenvalue weighted by Gasteiger charge is -2.25. The number of ether oxygens (including phenoxy) is 2. The third-order valence-corrected chi connectivity index (χ3v) is 3.95. The fraction of sp³-hybridized carbons (Fsp3) is 0.538. The third kappa shape index (κ3) is 3.78. The van der Waals surface area contributed by atoms with E-state index in [4.69, 9.17) is 9.47 Å². The minimum atomic E-state index is -0.434. The Morgan fingerprint density at radius 1 is 1.45 bits per heavy atom. The maximum atomic E-state index is 12.0. The van der Waals surface area contributed by atoms with Gasteiger partial charge in [-0.25, -0.2) is 4.79 Å². The van der Waals surface area contributed by atoms with Crippen LogP contribution in [0.5, 0.6) is 0 Å². The van der Waals surface area contributed by atoms with Crippen molar-refractivity contribution in [2.45, 2.75) is 6.92 Å². The lowest BCUT2D eigenvalue weighted by atomic mass is 10.3. The molecule has 1 saturated heterocycles. The van der Waals surface area contributed by atoms with Gasteiger partial charge in [-0.15, -0.1) is 11.3 Å². The number of nitrogens with zero attached hydrogens (tertiary/aromatic N) is 1. The van der Waals surface area contributed by atoms with Gasteiger partial charge in [-0.05, 0) is 13.0 Å². The van der Waals surface area contributed by atoms with Gasteiger partial charge >= 0.3 is 5.97 Å². The number of esters is 1. The topological polar surface area (TPSA) is 67.9 Å². The van der Waals surface area contributed by atoms with Crippen molar-refractivity contribution in [3.63, 3.8) is 0 Å². The van der Waals surface area contributed by atoms with Crippen LogP contribution in [0.4, 0.5) is 5.00 Å². The fourth-order valence-electron chi connectivity index (χ4n) is 2.00. The number of amides is 1. The summed E-state index contributed by atoms with van der Waals surface area (Å²) in [5.74, 6) is -0.560. The summed E-state index contributed by atoms with van der Waals surface area (Å²) >= 11 is 1.37. The van der Waals surface area contributed by atoms with Crippen LogP contribution in [-0.2, 0) is 14.3 Å². The molecule has 1 aromatic heterocycles. The summed E-state index contributed by atoms with van der Waals surface area (Å²) in [5.41, 5.74) is 0.408. The van der Waals surface area contributed by atoms with Crippen LogP contribution in [0, 0.1) is 6.92 Å². The number of nitrogens with one attached hydrogen (secondary N) is 1. The molecule has 0 spiro atoms. The highest BCUT2D eigenvalue weighted by atomic mass is 32.1. The molecule has 1 fully saturated rings. The second-order valence-corrected chi connectivity index (χ2v) is 5.78. The van der Waals surface area contributed by atoms with Crippen LogP contribution in [-0.4, -0.2) is 56.7 Å². The molecule has 0 radical (unpaired) electrons. The van der Waals surface area contributed by atoms with Gasteiger partial charge in [0.2, 0.25) is 5.91 Å². The Balaban J connectivity index is 1.98. The molecule has 0 atom stereocenters. The van der Waals surface area contributed by atoms with E-state index in [1.54, 1.807) is 6.07 Å². The Morgan fingerprint density at radius 3 is 2.80 bits per heavy atom. The molecular formula is C13H18N2O4S. The number of thiophene rings is 1. The molecule has 1 aromatic rings. The Labute approximate surface area is 121 Å². The molecule has 110 valence electrons. The fourth-order valence-corrected chi connectivity index (χ4v) is 2.91. The summed E-state index contributed by atoms with van der Waals surface area (Å²) in [5, 5.41) is 3.34. The highest BCUT2D eigenvalue weighted by molar-refractivity contribution is 7.16. The Hall–Kier alpha value is -1.44. The van der Waals surface area contributed by atoms with Crippen LogP contribution in [0.1, 0.15) is 15.2 Å². The monoisotopic (exact) mass is 298 g/mol. The predicted octanol–water partition coefficient (Wildman–Crippen LogP) is 1.11. The number of anilines is 1. The smallest absolute Gasteiger partial charge is 0.340 e. The summed E-state index contributed by atoms with van der Waals surface area (Å²) in [6, 6.07) is 1.72. The lowest BCUT2D eigenvalue weighted by Crippen LogP contribution is -2.41. The normalized spacial score (nSPS) is 15.9. The molecule has 0 aromatic carbocycles. The van der Waals surface area contributed by atoms with Gasteiger partial charge in [0.15, 0.2) is 0 Å². The second-order valence-electron chi connectivity index (χ2n) is 4.53. The van der Waals surface area contributed by atoms with E-state index in [2.05, 4.69) is 5.32 Å². The van der Waals surface area contributed by atoms with E-state index in [1.165, 1.54) is 18.4 Å². The third-order valence-electron chi connectivity index (χ3n) is 2.98. The number of hydrogen-bond donors (Lipinski definition) is 1. The predicted molar refractivity (Wildman–Crippen MR) is 76.3 cm³/mol. The zero-order valence-corrected chi connectivity index (χ0v) is 12.4. The highest BCUT2D eigenvalue weighted by Crippen LogP contribution is 2.28. The van der Waals surface area contributed by atoms with Crippen LogP contribution >= 0.6 is 11.3 Å². The molecule has 20 heavy (non-hydrogen) atoms. The van der Waals surface area contributed by atoms with E-state index in [1.807, 2.05) is 11.8 Å². The number of morpholine rings is 1. The largest absolute Gasteiger partial charge is 0.465 e. The average Bonchev–Trinajstić information content (AvgIpc) is 2.79. The van der Waals surface area contributed by atoms with Crippen molar-refractivity contribution in [2.75, 3.05) is 45.3 Å². The van der Waals surface area contributed by atoms with E-state index < -0.39 is 5.97 Å². The first-order valence-corrected chi connectivity index (χ1v) is 7.20. The van der Waals surface area contributed by atoms with E-state index in [0.29, 0.717) is 30.3 Å². The molecule has 6 nitrogen and oxygen atoms in total. The first-order chi connectivity index (χ1) is 9.60. The van der Waals surface area contributed by atoms with Gasteiger partial charge in [0.05, 0.1) is 32.4 Å². The van der Waals surface area contributed by atoms with Crippen LogP contribution in [0.3, 0.4) is 0 Å². The number of hydrogen-bond acceptors (Lipinski definition) is 6. The van der Waals surface area contributed by atoms with E-state index in [0.717, 1.165) is 18.0 Å². The van der Waals surface area contributed by atoms with Crippen molar-refractivity contribution >= 4 is 28.2 Å². The summed E-state index contributed by atoms with van der Waals surface area (Å²) in [4.78, 5) is 26.6. The van der Waals surface area contributed by atoms with E-state index in [9.17, 15) is 9.59 Å². The minimum Gasteiger partial charge on any atom is -0.465 e. The van der Waals surface area contributed by atoms with Crippen molar-refractivity contribution in [1.82, 2.24) is 4.90 Å². The second kappa shape index (κ2) is 6.83. The highest BCUT2D eigenvalue weighted by Gasteiger charge is 2.19. The molecule has 2 rings (SSSR count). The molecule has 0 unspecified atom stereocenters. The van der Waals surface area contributed by atoms with Gasteiger partial charge in [0.25, 0.3) is 0 Å². The first kappa shape index (κ1) is 15.0. The van der Waals surface area contributed by atoms with Gasteiger partial charge < -0.3 is 14.8 Å². The van der Waals surface area contributed by atoms with Crippen LogP contribution < -0.4 is 5.32 Å². The maximum Gasteiger partial charge on any atom is 0.340 e. The van der Waals surface area contributed by atoms with Crippen molar-refractivity contribution in [3.05, 3.63) is 16.5 Å². The molecule has 2 heterocycles. The molecule has 0 saturated carbocycles. The summed E-state index contributed by atoms with van der Waals surface area (Å²) in [6.45, 7) is 4.99. The average molecular weight is 298 g/mol. The number of methoxy groups -OCH3 is 1. The van der Waals surface area contributed by atoms with Crippen LogP contribution in [0.2, 0.25) is 0 Å². The standard InChI is InChI=1S/C13H18N2O4S/c1-9-7-10(13(17)18-2)12(20-9)14-11(16)8-15-3-5-19-6-4-15/h7H,3-6,8H2,1-2H3,(H,14,16). The number of rotatable bonds is 4. The number of carbonyl (C=O) groups is 2. The van der Waals surface area contributed by atoms with Crippen molar-refractivity contribution in [3.8, 4) is 0 Å². The molecule has 1 amide bonds. The molecular weight excluding hydrogens is 280 g/mol. The summed E-state index contributed by atoms with van der Waals surface area (Å²) in [7, 11) is 1.33. The van der Waals surface area contributed by atoms with Gasteiger partial charge in [0, 0.05) is 18.0 Å². The first-order valence-electron chi connectivity index (χ1n) is 6.39. The van der Waals surface area contributed by atoms with Gasteiger partial charge in [-0.3, -0.25) is 9.69 Å². The number of aryl methyl sites for hydroxylation is 1. The molecule has 1 N–H and O–H groups in total.